The van der Waals surface area contributed by atoms with Gasteiger partial charge in [0.1, 0.15) is 0 Å². The van der Waals surface area contributed by atoms with Crippen LogP contribution in [0.4, 0.5) is 4.79 Å². The second-order valence-corrected chi connectivity index (χ2v) is 4.35. The Bertz CT molecular complexity index is 422. The van der Waals surface area contributed by atoms with Gasteiger partial charge >= 0.3 is 6.09 Å². The highest BCUT2D eigenvalue weighted by molar-refractivity contribution is 5.66. The monoisotopic (exact) mass is 236 g/mol. The van der Waals surface area contributed by atoms with E-state index in [4.69, 9.17) is 0 Å². The molecule has 1 amide bonds. The van der Waals surface area contributed by atoms with Crippen molar-refractivity contribution in [3.63, 3.8) is 0 Å². The predicted molar refractivity (Wildman–Crippen MR) is 61.7 cm³/mol. The van der Waals surface area contributed by atoms with Crippen LogP contribution in [0.15, 0.2) is 18.3 Å². The molecule has 0 aromatic carbocycles. The van der Waals surface area contributed by atoms with E-state index in [9.17, 15) is 15.0 Å². The normalized spacial score (nSPS) is 24.7. The molecule has 17 heavy (non-hydrogen) atoms. The zero-order chi connectivity index (χ0) is 12.4. The fourth-order valence-electron chi connectivity index (χ4n) is 2.32. The van der Waals surface area contributed by atoms with Crippen molar-refractivity contribution >= 4 is 6.09 Å². The standard InChI is InChI=1S/C12H16N2O3/c1-8-10(3-2-5-13-8)11-7-9(15)4-6-14(11)12(16)17/h2-3,5,9,11,15H,4,6-7H2,1H3,(H,16,17). The van der Waals surface area contributed by atoms with Crippen LogP contribution in [0.5, 0.6) is 0 Å². The summed E-state index contributed by atoms with van der Waals surface area (Å²) in [4.78, 5) is 16.7. The number of aliphatic hydroxyl groups excluding tert-OH is 1. The van der Waals surface area contributed by atoms with E-state index in [1.165, 1.54) is 4.90 Å². The molecule has 1 aliphatic heterocycles. The molecule has 2 N–H and O–H groups in total. The smallest absolute Gasteiger partial charge is 0.407 e. The average Bonchev–Trinajstić information content (AvgIpc) is 2.29. The lowest BCUT2D eigenvalue weighted by Gasteiger charge is -2.36. The van der Waals surface area contributed by atoms with Gasteiger partial charge in [0.05, 0.1) is 12.1 Å². The van der Waals surface area contributed by atoms with E-state index in [0.717, 1.165) is 11.3 Å². The van der Waals surface area contributed by atoms with Crippen LogP contribution >= 0.6 is 0 Å². The molecule has 2 atom stereocenters. The second kappa shape index (κ2) is 4.71. The molecule has 2 unspecified atom stereocenters. The molecule has 92 valence electrons. The molecule has 0 bridgehead atoms. The fraction of sp³-hybridized carbons (Fsp3) is 0.500. The molecule has 2 heterocycles. The summed E-state index contributed by atoms with van der Waals surface area (Å²) in [6.45, 7) is 2.23. The molecule has 0 saturated carbocycles. The Kier molecular flexibility index (Phi) is 3.28. The van der Waals surface area contributed by atoms with Crippen molar-refractivity contribution in [1.29, 1.82) is 0 Å². The van der Waals surface area contributed by atoms with Crippen LogP contribution in [0, 0.1) is 6.92 Å². The molecule has 1 aliphatic rings. The van der Waals surface area contributed by atoms with Crippen LogP contribution in [0.2, 0.25) is 0 Å². The topological polar surface area (TPSA) is 73.7 Å². The number of likely N-dealkylation sites (tertiary alicyclic amines) is 1. The number of pyridine rings is 1. The summed E-state index contributed by atoms with van der Waals surface area (Å²) < 4.78 is 0. The third-order valence-electron chi connectivity index (χ3n) is 3.23. The Balaban J connectivity index is 2.32. The third-order valence-corrected chi connectivity index (χ3v) is 3.23. The minimum Gasteiger partial charge on any atom is -0.465 e. The van der Waals surface area contributed by atoms with Crippen LogP contribution < -0.4 is 0 Å². The maximum atomic E-state index is 11.2. The Morgan fingerprint density at radius 2 is 2.35 bits per heavy atom. The van der Waals surface area contributed by atoms with Crippen LogP contribution in [0.1, 0.15) is 30.1 Å². The van der Waals surface area contributed by atoms with Gasteiger partial charge in [0, 0.05) is 18.4 Å². The molecular weight excluding hydrogens is 220 g/mol. The van der Waals surface area contributed by atoms with Gasteiger partial charge in [0.2, 0.25) is 0 Å². The first-order valence-corrected chi connectivity index (χ1v) is 5.68. The zero-order valence-corrected chi connectivity index (χ0v) is 9.71. The van der Waals surface area contributed by atoms with E-state index in [1.807, 2.05) is 13.0 Å². The molecule has 1 fully saturated rings. The SMILES string of the molecule is Cc1ncccc1C1CC(O)CCN1C(=O)O. The van der Waals surface area contributed by atoms with Gasteiger partial charge in [-0.15, -0.1) is 0 Å². The van der Waals surface area contributed by atoms with Crippen molar-refractivity contribution in [2.24, 2.45) is 0 Å². The number of aliphatic hydroxyl groups is 1. The molecular formula is C12H16N2O3. The van der Waals surface area contributed by atoms with E-state index in [-0.39, 0.29) is 6.04 Å². The number of carboxylic acid groups (broad SMARTS) is 1. The Morgan fingerprint density at radius 3 is 3.00 bits per heavy atom. The summed E-state index contributed by atoms with van der Waals surface area (Å²) in [5, 5.41) is 18.9. The van der Waals surface area contributed by atoms with Gasteiger partial charge in [-0.3, -0.25) is 4.98 Å². The number of aryl methyl sites for hydroxylation is 1. The lowest BCUT2D eigenvalue weighted by Crippen LogP contribution is -2.42. The summed E-state index contributed by atoms with van der Waals surface area (Å²) in [6, 6.07) is 3.38. The molecule has 1 saturated heterocycles. The van der Waals surface area contributed by atoms with Gasteiger partial charge in [-0.05, 0) is 31.4 Å². The van der Waals surface area contributed by atoms with Gasteiger partial charge in [-0.25, -0.2) is 4.79 Å². The zero-order valence-electron chi connectivity index (χ0n) is 9.71. The highest BCUT2D eigenvalue weighted by Gasteiger charge is 2.32. The molecule has 0 spiro atoms. The van der Waals surface area contributed by atoms with E-state index < -0.39 is 12.2 Å². The highest BCUT2D eigenvalue weighted by atomic mass is 16.4. The lowest BCUT2D eigenvalue weighted by atomic mass is 9.93. The van der Waals surface area contributed by atoms with Crippen molar-refractivity contribution in [3.05, 3.63) is 29.6 Å². The van der Waals surface area contributed by atoms with Crippen LogP contribution in [-0.4, -0.2) is 38.8 Å². The minimum atomic E-state index is -0.940. The third kappa shape index (κ3) is 2.39. The molecule has 0 aliphatic carbocycles. The fourth-order valence-corrected chi connectivity index (χ4v) is 2.32. The second-order valence-electron chi connectivity index (χ2n) is 4.35. The van der Waals surface area contributed by atoms with Crippen LogP contribution in [-0.2, 0) is 0 Å². The number of aromatic nitrogens is 1. The molecule has 2 rings (SSSR count). The van der Waals surface area contributed by atoms with Crippen LogP contribution in [0.3, 0.4) is 0 Å². The molecule has 1 aromatic heterocycles. The number of hydrogen-bond donors (Lipinski definition) is 2. The van der Waals surface area contributed by atoms with E-state index >= 15 is 0 Å². The number of nitrogens with zero attached hydrogens (tertiary/aromatic N) is 2. The maximum absolute atomic E-state index is 11.2. The molecule has 5 nitrogen and oxygen atoms in total. The molecule has 5 heteroatoms. The first-order chi connectivity index (χ1) is 8.09. The lowest BCUT2D eigenvalue weighted by molar-refractivity contribution is 0.0421. The van der Waals surface area contributed by atoms with Gasteiger partial charge in [0.25, 0.3) is 0 Å². The number of piperidine rings is 1. The Labute approximate surface area is 99.7 Å². The van der Waals surface area contributed by atoms with E-state index in [0.29, 0.717) is 19.4 Å². The van der Waals surface area contributed by atoms with Gasteiger partial charge in [0.15, 0.2) is 0 Å². The van der Waals surface area contributed by atoms with Gasteiger partial charge in [-0.2, -0.15) is 0 Å². The summed E-state index contributed by atoms with van der Waals surface area (Å²) in [7, 11) is 0. The van der Waals surface area contributed by atoms with Crippen molar-refractivity contribution in [3.8, 4) is 0 Å². The highest BCUT2D eigenvalue weighted by Crippen LogP contribution is 2.32. The summed E-state index contributed by atoms with van der Waals surface area (Å²) >= 11 is 0. The van der Waals surface area contributed by atoms with Gasteiger partial charge in [-0.1, -0.05) is 6.07 Å². The maximum Gasteiger partial charge on any atom is 0.407 e. The Morgan fingerprint density at radius 1 is 1.59 bits per heavy atom. The minimum absolute atomic E-state index is 0.287. The summed E-state index contributed by atoms with van der Waals surface area (Å²) in [5.41, 5.74) is 1.70. The van der Waals surface area contributed by atoms with E-state index in [2.05, 4.69) is 4.98 Å². The number of carbonyl (C=O) groups is 1. The number of amides is 1. The van der Waals surface area contributed by atoms with Crippen LogP contribution in [0.25, 0.3) is 0 Å². The van der Waals surface area contributed by atoms with Crippen molar-refractivity contribution in [2.75, 3.05) is 6.54 Å². The van der Waals surface area contributed by atoms with Gasteiger partial charge < -0.3 is 15.1 Å². The Hall–Kier alpha value is -1.62. The predicted octanol–water partition coefficient (Wildman–Crippen LogP) is 1.57. The van der Waals surface area contributed by atoms with Crippen molar-refractivity contribution < 1.29 is 15.0 Å². The quantitative estimate of drug-likeness (QED) is 0.776. The largest absolute Gasteiger partial charge is 0.465 e. The molecule has 1 aromatic rings. The number of rotatable bonds is 1. The summed E-state index contributed by atoms with van der Waals surface area (Å²) in [6.07, 6.45) is 1.25. The first-order valence-electron chi connectivity index (χ1n) is 5.68. The summed E-state index contributed by atoms with van der Waals surface area (Å²) in [5.74, 6) is 0. The first kappa shape index (κ1) is 11.9. The van der Waals surface area contributed by atoms with Crippen molar-refractivity contribution in [2.45, 2.75) is 31.9 Å². The van der Waals surface area contributed by atoms with Crippen molar-refractivity contribution in [1.82, 2.24) is 9.88 Å². The molecule has 0 radical (unpaired) electrons. The average molecular weight is 236 g/mol. The van der Waals surface area contributed by atoms with E-state index in [1.54, 1.807) is 12.3 Å². The number of hydrogen-bond acceptors (Lipinski definition) is 3.